The summed E-state index contributed by atoms with van der Waals surface area (Å²) in [7, 11) is -3.72. The number of hydrogen-bond acceptors (Lipinski definition) is 5. The first-order valence-electron chi connectivity index (χ1n) is 9.02. The molecule has 27 heavy (non-hydrogen) atoms. The number of ether oxygens (including phenoxy) is 1. The van der Waals surface area contributed by atoms with Crippen LogP contribution in [0.2, 0.25) is 0 Å². The van der Waals surface area contributed by atoms with Gasteiger partial charge in [-0.05, 0) is 41.3 Å². The van der Waals surface area contributed by atoms with Crippen molar-refractivity contribution in [3.05, 3.63) is 48.0 Å². The Morgan fingerprint density at radius 2 is 1.67 bits per heavy atom. The smallest absolute Gasteiger partial charge is 0.261 e. The van der Waals surface area contributed by atoms with Gasteiger partial charge in [-0.1, -0.05) is 32.9 Å². The molecule has 0 bridgehead atoms. The maximum absolute atomic E-state index is 12.9. The molecular formula is C20H27N3O3S. The molecule has 0 aliphatic carbocycles. The third-order valence-electron chi connectivity index (χ3n) is 4.65. The molecule has 0 saturated carbocycles. The first kappa shape index (κ1) is 19.5. The van der Waals surface area contributed by atoms with E-state index in [-0.39, 0.29) is 10.3 Å². The lowest BCUT2D eigenvalue weighted by molar-refractivity contribution is 0.123. The van der Waals surface area contributed by atoms with Gasteiger partial charge in [-0.25, -0.2) is 8.42 Å². The van der Waals surface area contributed by atoms with Gasteiger partial charge >= 0.3 is 0 Å². The van der Waals surface area contributed by atoms with Gasteiger partial charge in [-0.2, -0.15) is 0 Å². The average molecular weight is 390 g/mol. The second-order valence-electron chi connectivity index (χ2n) is 7.76. The highest BCUT2D eigenvalue weighted by Crippen LogP contribution is 2.31. The van der Waals surface area contributed by atoms with Crippen LogP contribution in [-0.2, 0) is 20.2 Å². The molecule has 0 radical (unpaired) electrons. The van der Waals surface area contributed by atoms with E-state index in [4.69, 9.17) is 10.5 Å². The van der Waals surface area contributed by atoms with E-state index in [2.05, 4.69) is 30.4 Å². The Labute approximate surface area is 161 Å². The van der Waals surface area contributed by atoms with Gasteiger partial charge in [-0.3, -0.25) is 4.72 Å². The van der Waals surface area contributed by atoms with Crippen LogP contribution in [0.1, 0.15) is 26.3 Å². The Morgan fingerprint density at radius 3 is 2.26 bits per heavy atom. The number of nitrogens with zero attached hydrogens (tertiary/aromatic N) is 1. The Balaban J connectivity index is 1.90. The lowest BCUT2D eigenvalue weighted by Gasteiger charge is -2.30. The minimum atomic E-state index is -3.72. The fourth-order valence-corrected chi connectivity index (χ4v) is 4.12. The zero-order valence-corrected chi connectivity index (χ0v) is 16.8. The first-order chi connectivity index (χ1) is 12.7. The van der Waals surface area contributed by atoms with E-state index in [0.717, 1.165) is 11.3 Å². The molecule has 3 rings (SSSR count). The Bertz CT molecular complexity index is 897. The van der Waals surface area contributed by atoms with Crippen LogP contribution in [0.3, 0.4) is 0 Å². The monoisotopic (exact) mass is 389 g/mol. The molecule has 2 aromatic rings. The van der Waals surface area contributed by atoms with Crippen molar-refractivity contribution in [2.75, 3.05) is 41.7 Å². The summed E-state index contributed by atoms with van der Waals surface area (Å²) in [5.41, 5.74) is 8.75. The number of rotatable bonds is 4. The molecule has 1 saturated heterocycles. The van der Waals surface area contributed by atoms with E-state index >= 15 is 0 Å². The van der Waals surface area contributed by atoms with Crippen molar-refractivity contribution in [3.63, 3.8) is 0 Å². The zero-order chi connectivity index (χ0) is 19.7. The van der Waals surface area contributed by atoms with Gasteiger partial charge in [0, 0.05) is 18.8 Å². The summed E-state index contributed by atoms with van der Waals surface area (Å²) in [6.45, 7) is 8.93. The molecule has 7 heteroatoms. The summed E-state index contributed by atoms with van der Waals surface area (Å²) in [6.07, 6.45) is 0. The van der Waals surface area contributed by atoms with Crippen LogP contribution in [0, 0.1) is 0 Å². The predicted molar refractivity (Wildman–Crippen MR) is 110 cm³/mol. The summed E-state index contributed by atoms with van der Waals surface area (Å²) in [5, 5.41) is 0. The number of nitrogens with one attached hydrogen (secondary N) is 1. The molecular weight excluding hydrogens is 362 g/mol. The third-order valence-corrected chi connectivity index (χ3v) is 6.03. The molecule has 0 unspecified atom stereocenters. The van der Waals surface area contributed by atoms with Crippen LogP contribution in [0.4, 0.5) is 17.1 Å². The van der Waals surface area contributed by atoms with Crippen LogP contribution in [0.25, 0.3) is 0 Å². The largest absolute Gasteiger partial charge is 0.399 e. The van der Waals surface area contributed by atoms with E-state index in [1.807, 2.05) is 18.2 Å². The van der Waals surface area contributed by atoms with Gasteiger partial charge in [0.15, 0.2) is 0 Å². The Morgan fingerprint density at radius 1 is 1.04 bits per heavy atom. The first-order valence-corrected chi connectivity index (χ1v) is 10.5. The summed E-state index contributed by atoms with van der Waals surface area (Å²) in [5.74, 6) is 0. The number of hydrogen-bond donors (Lipinski definition) is 2. The zero-order valence-electron chi connectivity index (χ0n) is 16.0. The molecule has 0 spiro atoms. The van der Waals surface area contributed by atoms with Crippen molar-refractivity contribution in [3.8, 4) is 0 Å². The molecule has 1 fully saturated rings. The SMILES string of the molecule is CC(C)(C)c1ccc(S(=O)(=O)Nc2cc(N)ccc2N2CCOCC2)cc1. The van der Waals surface area contributed by atoms with Crippen LogP contribution >= 0.6 is 0 Å². The van der Waals surface area contributed by atoms with Crippen LogP contribution in [0.5, 0.6) is 0 Å². The van der Waals surface area contributed by atoms with Gasteiger partial charge in [0.1, 0.15) is 0 Å². The Kier molecular flexibility index (Phi) is 5.35. The molecule has 6 nitrogen and oxygen atoms in total. The van der Waals surface area contributed by atoms with E-state index in [9.17, 15) is 8.42 Å². The second-order valence-corrected chi connectivity index (χ2v) is 9.44. The molecule has 2 aromatic carbocycles. The maximum Gasteiger partial charge on any atom is 0.261 e. The lowest BCUT2D eigenvalue weighted by Crippen LogP contribution is -2.36. The number of morpholine rings is 1. The molecule has 1 heterocycles. The molecule has 0 amide bonds. The third kappa shape index (κ3) is 4.54. The second kappa shape index (κ2) is 7.40. The van der Waals surface area contributed by atoms with E-state index < -0.39 is 10.0 Å². The molecule has 146 valence electrons. The highest BCUT2D eigenvalue weighted by Gasteiger charge is 2.21. The van der Waals surface area contributed by atoms with Crippen molar-refractivity contribution in [1.29, 1.82) is 0 Å². The van der Waals surface area contributed by atoms with Crippen LogP contribution in [0.15, 0.2) is 47.4 Å². The summed E-state index contributed by atoms with van der Waals surface area (Å²) < 4.78 is 33.9. The fraction of sp³-hybridized carbons (Fsp3) is 0.400. The molecule has 3 N–H and O–H groups in total. The summed E-state index contributed by atoms with van der Waals surface area (Å²) in [4.78, 5) is 2.33. The van der Waals surface area contributed by atoms with E-state index in [0.29, 0.717) is 37.7 Å². The van der Waals surface area contributed by atoms with E-state index in [1.165, 1.54) is 0 Å². The summed E-state index contributed by atoms with van der Waals surface area (Å²) >= 11 is 0. The maximum atomic E-state index is 12.9. The topological polar surface area (TPSA) is 84.7 Å². The molecule has 0 atom stereocenters. The lowest BCUT2D eigenvalue weighted by atomic mass is 9.87. The molecule has 1 aliphatic heterocycles. The highest BCUT2D eigenvalue weighted by atomic mass is 32.2. The van der Waals surface area contributed by atoms with Gasteiger partial charge < -0.3 is 15.4 Å². The van der Waals surface area contributed by atoms with Crippen molar-refractivity contribution in [2.45, 2.75) is 31.1 Å². The van der Waals surface area contributed by atoms with Gasteiger partial charge in [0.25, 0.3) is 10.0 Å². The standard InChI is InChI=1S/C20H27N3O3S/c1-20(2,3)15-4-7-17(8-5-15)27(24,25)22-18-14-16(21)6-9-19(18)23-10-12-26-13-11-23/h4-9,14,22H,10-13,21H2,1-3H3. The predicted octanol–water partition coefficient (Wildman–Crippen LogP) is 3.20. The number of nitrogens with two attached hydrogens (primary N) is 1. The number of anilines is 3. The number of sulfonamides is 1. The van der Waals surface area contributed by atoms with E-state index in [1.54, 1.807) is 24.3 Å². The molecule has 1 aliphatic rings. The Hall–Kier alpha value is -2.25. The minimum absolute atomic E-state index is 0.0346. The number of nitrogen functional groups attached to an aromatic ring is 1. The average Bonchev–Trinajstić information content (AvgIpc) is 2.62. The van der Waals surface area contributed by atoms with Gasteiger partial charge in [-0.15, -0.1) is 0 Å². The number of benzene rings is 2. The quantitative estimate of drug-likeness (QED) is 0.785. The summed E-state index contributed by atoms with van der Waals surface area (Å²) in [6, 6.07) is 12.3. The molecule has 0 aromatic heterocycles. The normalized spacial score (nSPS) is 15.6. The van der Waals surface area contributed by atoms with Crippen LogP contribution < -0.4 is 15.4 Å². The van der Waals surface area contributed by atoms with Crippen molar-refractivity contribution in [1.82, 2.24) is 0 Å². The van der Waals surface area contributed by atoms with Gasteiger partial charge in [0.05, 0.1) is 29.5 Å². The fourth-order valence-electron chi connectivity index (χ4n) is 3.05. The van der Waals surface area contributed by atoms with Crippen molar-refractivity contribution in [2.24, 2.45) is 0 Å². The highest BCUT2D eigenvalue weighted by molar-refractivity contribution is 7.92. The van der Waals surface area contributed by atoms with Crippen molar-refractivity contribution >= 4 is 27.1 Å². The van der Waals surface area contributed by atoms with Gasteiger partial charge in [0.2, 0.25) is 0 Å². The van der Waals surface area contributed by atoms with Crippen LogP contribution in [-0.4, -0.2) is 34.7 Å². The minimum Gasteiger partial charge on any atom is -0.399 e. The van der Waals surface area contributed by atoms with Crippen molar-refractivity contribution < 1.29 is 13.2 Å².